The molecule has 2 aromatic rings. The molecule has 0 bridgehead atoms. The van der Waals surface area contributed by atoms with Crippen LogP contribution in [0.25, 0.3) is 0 Å². The second kappa shape index (κ2) is 6.68. The summed E-state index contributed by atoms with van der Waals surface area (Å²) in [5.74, 6) is -0.947. The number of aromatic hydroxyl groups is 1. The molecule has 0 aliphatic rings. The zero-order chi connectivity index (χ0) is 16.1. The SMILES string of the molecule is O=C(NN=Cc1ccc(O)c([N+](=O)[O-])c1)c1ccccc1Cl. The average molecular weight is 320 g/mol. The van der Waals surface area contributed by atoms with Crippen molar-refractivity contribution in [3.8, 4) is 5.75 Å². The third-order valence-corrected chi connectivity index (χ3v) is 3.02. The smallest absolute Gasteiger partial charge is 0.311 e. The lowest BCUT2D eigenvalue weighted by Crippen LogP contribution is -2.17. The topological polar surface area (TPSA) is 105 Å². The van der Waals surface area contributed by atoms with Gasteiger partial charge in [-0.2, -0.15) is 5.10 Å². The molecule has 0 fully saturated rings. The van der Waals surface area contributed by atoms with E-state index in [1.165, 1.54) is 18.3 Å². The Kier molecular flexibility index (Phi) is 4.70. The summed E-state index contributed by atoms with van der Waals surface area (Å²) in [6, 6.07) is 10.2. The second-order valence-electron chi connectivity index (χ2n) is 4.18. The lowest BCUT2D eigenvalue weighted by molar-refractivity contribution is -0.385. The summed E-state index contributed by atoms with van der Waals surface area (Å²) in [6.07, 6.45) is 1.22. The molecule has 7 nitrogen and oxygen atoms in total. The zero-order valence-electron chi connectivity index (χ0n) is 11.1. The minimum atomic E-state index is -0.713. The fourth-order valence-electron chi connectivity index (χ4n) is 1.64. The molecule has 0 atom stereocenters. The van der Waals surface area contributed by atoms with Gasteiger partial charge in [-0.15, -0.1) is 0 Å². The summed E-state index contributed by atoms with van der Waals surface area (Å²) in [7, 11) is 0. The van der Waals surface area contributed by atoms with E-state index in [1.807, 2.05) is 0 Å². The van der Waals surface area contributed by atoms with Crippen LogP contribution in [0.1, 0.15) is 15.9 Å². The van der Waals surface area contributed by atoms with Crippen molar-refractivity contribution in [2.75, 3.05) is 0 Å². The predicted molar refractivity (Wildman–Crippen MR) is 81.3 cm³/mol. The average Bonchev–Trinajstić information content (AvgIpc) is 2.49. The second-order valence-corrected chi connectivity index (χ2v) is 4.59. The number of carbonyl (C=O) groups is 1. The number of hydrogen-bond donors (Lipinski definition) is 2. The summed E-state index contributed by atoms with van der Waals surface area (Å²) in [4.78, 5) is 21.8. The minimum absolute atomic E-state index is 0.262. The summed E-state index contributed by atoms with van der Waals surface area (Å²) in [6.45, 7) is 0. The third-order valence-electron chi connectivity index (χ3n) is 2.69. The van der Waals surface area contributed by atoms with Crippen LogP contribution < -0.4 is 5.43 Å². The van der Waals surface area contributed by atoms with E-state index in [4.69, 9.17) is 11.6 Å². The van der Waals surface area contributed by atoms with Gasteiger partial charge >= 0.3 is 5.69 Å². The van der Waals surface area contributed by atoms with Gasteiger partial charge in [0.1, 0.15) is 0 Å². The number of halogens is 1. The largest absolute Gasteiger partial charge is 0.502 e. The van der Waals surface area contributed by atoms with Crippen LogP contribution in [-0.2, 0) is 0 Å². The molecule has 0 aromatic heterocycles. The molecule has 0 unspecified atom stereocenters. The van der Waals surface area contributed by atoms with Gasteiger partial charge < -0.3 is 5.11 Å². The maximum Gasteiger partial charge on any atom is 0.311 e. The Labute approximate surface area is 130 Å². The lowest BCUT2D eigenvalue weighted by atomic mass is 10.2. The van der Waals surface area contributed by atoms with Crippen LogP contribution >= 0.6 is 11.6 Å². The molecule has 0 heterocycles. The summed E-state index contributed by atoms with van der Waals surface area (Å²) in [5, 5.41) is 24.0. The van der Waals surface area contributed by atoms with Gasteiger partial charge in [0.2, 0.25) is 0 Å². The Morgan fingerprint density at radius 1 is 1.32 bits per heavy atom. The first-order chi connectivity index (χ1) is 10.5. The molecule has 2 aromatic carbocycles. The third kappa shape index (κ3) is 3.58. The van der Waals surface area contributed by atoms with Crippen molar-refractivity contribution >= 4 is 29.4 Å². The number of carbonyl (C=O) groups excluding carboxylic acids is 1. The highest BCUT2D eigenvalue weighted by molar-refractivity contribution is 6.33. The van der Waals surface area contributed by atoms with Crippen molar-refractivity contribution in [3.63, 3.8) is 0 Å². The minimum Gasteiger partial charge on any atom is -0.502 e. The van der Waals surface area contributed by atoms with E-state index in [9.17, 15) is 20.0 Å². The number of phenolic OH excluding ortho intramolecular Hbond substituents is 1. The van der Waals surface area contributed by atoms with E-state index in [0.29, 0.717) is 5.56 Å². The zero-order valence-corrected chi connectivity index (χ0v) is 11.8. The maximum atomic E-state index is 11.8. The molecular formula is C14H10ClN3O4. The first kappa shape index (κ1) is 15.5. The number of nitro benzene ring substituents is 1. The highest BCUT2D eigenvalue weighted by Gasteiger charge is 2.13. The standard InChI is InChI=1S/C14H10ClN3O4/c15-11-4-2-1-3-10(11)14(20)17-16-8-9-5-6-13(19)12(7-9)18(21)22/h1-8,19H,(H,17,20). The molecule has 2 N–H and O–H groups in total. The van der Waals surface area contributed by atoms with Gasteiger partial charge in [0.05, 0.1) is 21.7 Å². The van der Waals surface area contributed by atoms with Crippen LogP contribution in [0.5, 0.6) is 5.75 Å². The Balaban J connectivity index is 2.10. The molecule has 0 aliphatic heterocycles. The number of amides is 1. The Morgan fingerprint density at radius 3 is 2.73 bits per heavy atom. The number of nitro groups is 1. The molecule has 2 rings (SSSR count). The number of benzene rings is 2. The van der Waals surface area contributed by atoms with Crippen LogP contribution in [-0.4, -0.2) is 22.2 Å². The monoisotopic (exact) mass is 319 g/mol. The van der Waals surface area contributed by atoms with Crippen molar-refractivity contribution in [2.45, 2.75) is 0 Å². The molecule has 0 saturated carbocycles. The number of phenols is 1. The van der Waals surface area contributed by atoms with Crippen LogP contribution in [0, 0.1) is 10.1 Å². The molecule has 0 saturated heterocycles. The molecule has 112 valence electrons. The predicted octanol–water partition coefficient (Wildman–Crippen LogP) is 2.72. The number of hydrogen-bond acceptors (Lipinski definition) is 5. The Morgan fingerprint density at radius 2 is 2.05 bits per heavy atom. The fraction of sp³-hybridized carbons (Fsp3) is 0. The van der Waals surface area contributed by atoms with Crippen molar-refractivity contribution in [3.05, 3.63) is 68.7 Å². The Hall–Kier alpha value is -2.93. The van der Waals surface area contributed by atoms with Gasteiger partial charge in [-0.1, -0.05) is 23.7 Å². The normalized spacial score (nSPS) is 10.6. The Bertz CT molecular complexity index is 762. The highest BCUT2D eigenvalue weighted by Crippen LogP contribution is 2.25. The van der Waals surface area contributed by atoms with Gasteiger partial charge in [0.25, 0.3) is 5.91 Å². The van der Waals surface area contributed by atoms with Crippen LogP contribution in [0.15, 0.2) is 47.6 Å². The first-order valence-corrected chi connectivity index (χ1v) is 6.42. The van der Waals surface area contributed by atoms with Crippen molar-refractivity contribution in [2.24, 2.45) is 5.10 Å². The van der Waals surface area contributed by atoms with E-state index in [0.717, 1.165) is 6.07 Å². The summed E-state index contributed by atoms with van der Waals surface area (Å²) >= 11 is 5.87. The van der Waals surface area contributed by atoms with Crippen LogP contribution in [0.4, 0.5) is 5.69 Å². The lowest BCUT2D eigenvalue weighted by Gasteiger charge is -2.01. The van der Waals surface area contributed by atoms with E-state index in [2.05, 4.69) is 10.5 Å². The summed E-state index contributed by atoms with van der Waals surface area (Å²) < 4.78 is 0. The van der Waals surface area contributed by atoms with E-state index in [-0.39, 0.29) is 10.6 Å². The van der Waals surface area contributed by atoms with Crippen molar-refractivity contribution in [1.29, 1.82) is 0 Å². The van der Waals surface area contributed by atoms with Gasteiger partial charge in [-0.3, -0.25) is 14.9 Å². The number of hydrazone groups is 1. The highest BCUT2D eigenvalue weighted by atomic mass is 35.5. The fourth-order valence-corrected chi connectivity index (χ4v) is 1.86. The molecule has 0 aliphatic carbocycles. The molecule has 0 spiro atoms. The van der Waals surface area contributed by atoms with E-state index >= 15 is 0 Å². The van der Waals surface area contributed by atoms with Crippen LogP contribution in [0.2, 0.25) is 5.02 Å². The van der Waals surface area contributed by atoms with Crippen LogP contribution in [0.3, 0.4) is 0 Å². The van der Waals surface area contributed by atoms with Gasteiger partial charge in [-0.25, -0.2) is 5.43 Å². The molecular weight excluding hydrogens is 310 g/mol. The quantitative estimate of drug-likeness (QED) is 0.513. The first-order valence-electron chi connectivity index (χ1n) is 6.04. The van der Waals surface area contributed by atoms with Crippen molar-refractivity contribution in [1.82, 2.24) is 5.43 Å². The number of nitrogens with zero attached hydrogens (tertiary/aromatic N) is 2. The summed E-state index contributed by atoms with van der Waals surface area (Å²) in [5.41, 5.74) is 2.44. The molecule has 0 radical (unpaired) electrons. The van der Waals surface area contributed by atoms with Gasteiger partial charge in [0, 0.05) is 11.6 Å². The van der Waals surface area contributed by atoms with Gasteiger partial charge in [-0.05, 0) is 24.3 Å². The van der Waals surface area contributed by atoms with Crippen molar-refractivity contribution < 1.29 is 14.8 Å². The van der Waals surface area contributed by atoms with E-state index in [1.54, 1.807) is 24.3 Å². The molecule has 8 heteroatoms. The number of nitrogens with one attached hydrogen (secondary N) is 1. The van der Waals surface area contributed by atoms with E-state index < -0.39 is 22.3 Å². The molecule has 1 amide bonds. The molecule has 22 heavy (non-hydrogen) atoms. The van der Waals surface area contributed by atoms with Gasteiger partial charge in [0.15, 0.2) is 5.75 Å². The number of rotatable bonds is 4. The maximum absolute atomic E-state index is 11.8.